The summed E-state index contributed by atoms with van der Waals surface area (Å²) in [6.07, 6.45) is 7.80. The van der Waals surface area contributed by atoms with Crippen molar-refractivity contribution in [2.45, 2.75) is 67.5 Å². The minimum Gasteiger partial charge on any atom is -0.0878 e. The second kappa shape index (κ2) is 9.81. The molecule has 0 aromatic heterocycles. The van der Waals surface area contributed by atoms with Gasteiger partial charge in [0.05, 0.1) is 0 Å². The van der Waals surface area contributed by atoms with Gasteiger partial charge in [0.1, 0.15) is 0 Å². The van der Waals surface area contributed by atoms with Crippen LogP contribution in [0, 0.1) is 0 Å². The fourth-order valence-electron chi connectivity index (χ4n) is 2.10. The summed E-state index contributed by atoms with van der Waals surface area (Å²) in [4.78, 5) is 2.70. The molecule has 0 aromatic rings. The van der Waals surface area contributed by atoms with Gasteiger partial charge in [0.15, 0.2) is 0 Å². The molecule has 6 heteroatoms. The highest BCUT2D eigenvalue weighted by Gasteiger charge is 2.35. The van der Waals surface area contributed by atoms with Crippen LogP contribution in [0.15, 0.2) is 0 Å². The van der Waals surface area contributed by atoms with Crippen molar-refractivity contribution < 1.29 is 0 Å². The average Bonchev–Trinajstić information content (AvgIpc) is 2.37. The van der Waals surface area contributed by atoms with Crippen molar-refractivity contribution in [3.63, 3.8) is 0 Å². The maximum absolute atomic E-state index is 3.84. The molecule has 0 nitrogen and oxygen atoms in total. The summed E-state index contributed by atoms with van der Waals surface area (Å²) in [6.45, 7) is 0. The van der Waals surface area contributed by atoms with E-state index in [1.54, 1.807) is 0 Å². The lowest BCUT2D eigenvalue weighted by molar-refractivity contribution is 0.549. The normalized spacial score (nSPS) is 45.0. The first-order valence-corrected chi connectivity index (χ1v) is 11.8. The molecule has 0 spiro atoms. The minimum absolute atomic E-state index is 0.394. The number of hydrogen-bond acceptors (Lipinski definition) is 0. The van der Waals surface area contributed by atoms with E-state index in [-0.39, 0.29) is 0 Å². The summed E-state index contributed by atoms with van der Waals surface area (Å²) >= 11 is 23.0. The highest BCUT2D eigenvalue weighted by Crippen LogP contribution is 2.37. The molecule has 0 radical (unpaired) electrons. The van der Waals surface area contributed by atoms with Crippen LogP contribution < -0.4 is 0 Å². The van der Waals surface area contributed by atoms with Gasteiger partial charge in [-0.05, 0) is 12.8 Å². The van der Waals surface area contributed by atoms with Crippen molar-refractivity contribution in [2.24, 2.45) is 0 Å². The third-order valence-corrected chi connectivity index (χ3v) is 13.6. The summed E-state index contributed by atoms with van der Waals surface area (Å²) in [5.41, 5.74) is 0. The standard InChI is InChI=1S/C12H18Br6/c13-7-5-3-1-2-4-6-8(14)10(16)12(18)11(17)9(7)15/h7-12H,1-6H2/t7-,8+,9-,10-,11+,12-/m0/s1. The maximum Gasteiger partial charge on any atom is 0.0418 e. The second-order valence-electron chi connectivity index (χ2n) is 4.80. The van der Waals surface area contributed by atoms with E-state index in [0.29, 0.717) is 29.0 Å². The Morgan fingerprint density at radius 2 is 0.778 bits per heavy atom. The second-order valence-corrected chi connectivity index (χ2v) is 11.4. The van der Waals surface area contributed by atoms with E-state index in [4.69, 9.17) is 0 Å². The lowest BCUT2D eigenvalue weighted by Crippen LogP contribution is -2.39. The van der Waals surface area contributed by atoms with Crippen molar-refractivity contribution in [2.75, 3.05) is 0 Å². The zero-order valence-corrected chi connectivity index (χ0v) is 19.5. The van der Waals surface area contributed by atoms with Crippen LogP contribution >= 0.6 is 95.6 Å². The smallest absolute Gasteiger partial charge is 0.0418 e. The van der Waals surface area contributed by atoms with Gasteiger partial charge in [-0.3, -0.25) is 0 Å². The van der Waals surface area contributed by atoms with Gasteiger partial charge in [0.25, 0.3) is 0 Å². The van der Waals surface area contributed by atoms with Crippen LogP contribution in [0.3, 0.4) is 0 Å². The summed E-state index contributed by atoms with van der Waals surface area (Å²) in [6, 6.07) is 0. The molecular weight excluding hydrogens is 624 g/mol. The van der Waals surface area contributed by atoms with Gasteiger partial charge in [0, 0.05) is 29.0 Å². The summed E-state index contributed by atoms with van der Waals surface area (Å²) < 4.78 is 0. The first-order valence-electron chi connectivity index (χ1n) is 6.29. The van der Waals surface area contributed by atoms with Crippen LogP contribution in [0.2, 0.25) is 0 Å². The van der Waals surface area contributed by atoms with E-state index >= 15 is 0 Å². The molecule has 1 aliphatic carbocycles. The van der Waals surface area contributed by atoms with Gasteiger partial charge in [-0.2, -0.15) is 0 Å². The lowest BCUT2D eigenvalue weighted by atomic mass is 10.0. The van der Waals surface area contributed by atoms with Gasteiger partial charge >= 0.3 is 0 Å². The molecule has 0 saturated heterocycles. The SMILES string of the molecule is Br[C@@H]1[C@H](Br)[C@@H](Br)[C@@H](Br)CCCCCC[C@@H](Br)[C@@H]1Br. The van der Waals surface area contributed by atoms with Gasteiger partial charge < -0.3 is 0 Å². The van der Waals surface area contributed by atoms with E-state index in [1.807, 2.05) is 0 Å². The minimum atomic E-state index is 0.394. The van der Waals surface area contributed by atoms with Crippen LogP contribution in [0.1, 0.15) is 38.5 Å². The van der Waals surface area contributed by atoms with E-state index in [1.165, 1.54) is 38.5 Å². The Balaban J connectivity index is 2.71. The molecule has 1 rings (SSSR count). The summed E-state index contributed by atoms with van der Waals surface area (Å²) in [5.74, 6) is 0. The van der Waals surface area contributed by atoms with E-state index in [2.05, 4.69) is 95.6 Å². The molecule has 0 aliphatic heterocycles. The number of hydrogen-bond donors (Lipinski definition) is 0. The van der Waals surface area contributed by atoms with Crippen molar-refractivity contribution in [3.8, 4) is 0 Å². The Kier molecular flexibility index (Phi) is 10.3. The maximum atomic E-state index is 3.84. The Bertz CT molecular complexity index is 213. The lowest BCUT2D eigenvalue weighted by Gasteiger charge is -2.31. The highest BCUT2D eigenvalue weighted by atomic mass is 79.9. The molecule has 0 aromatic carbocycles. The molecule has 0 unspecified atom stereocenters. The van der Waals surface area contributed by atoms with Crippen LogP contribution in [0.25, 0.3) is 0 Å². The van der Waals surface area contributed by atoms with E-state index < -0.39 is 0 Å². The quantitative estimate of drug-likeness (QED) is 0.252. The molecule has 0 heterocycles. The van der Waals surface area contributed by atoms with Gasteiger partial charge in [-0.15, -0.1) is 0 Å². The molecule has 0 amide bonds. The van der Waals surface area contributed by atoms with Crippen molar-refractivity contribution in [3.05, 3.63) is 0 Å². The first kappa shape index (κ1) is 18.9. The predicted octanol–water partition coefficient (Wildman–Crippen LogP) is 6.92. The van der Waals surface area contributed by atoms with E-state index in [0.717, 1.165) is 0 Å². The molecule has 1 aliphatic rings. The first-order chi connectivity index (χ1) is 8.45. The number of rotatable bonds is 0. The van der Waals surface area contributed by atoms with Crippen LogP contribution in [0.4, 0.5) is 0 Å². The molecule has 18 heavy (non-hydrogen) atoms. The van der Waals surface area contributed by atoms with Crippen molar-refractivity contribution in [1.82, 2.24) is 0 Å². The Hall–Kier alpha value is 2.88. The topological polar surface area (TPSA) is 0 Å². The molecular formula is C12H18Br6. The summed E-state index contributed by atoms with van der Waals surface area (Å²) in [5, 5.41) is 0. The number of alkyl halides is 6. The third-order valence-electron chi connectivity index (χ3n) is 3.31. The molecule has 1 fully saturated rings. The molecule has 0 N–H and O–H groups in total. The molecule has 0 bridgehead atoms. The van der Waals surface area contributed by atoms with Crippen molar-refractivity contribution in [1.29, 1.82) is 0 Å². The highest BCUT2D eigenvalue weighted by molar-refractivity contribution is 9.15. The monoisotopic (exact) mass is 636 g/mol. The molecule has 6 atom stereocenters. The average molecular weight is 642 g/mol. The zero-order valence-electron chi connectivity index (χ0n) is 9.97. The van der Waals surface area contributed by atoms with Crippen molar-refractivity contribution >= 4 is 95.6 Å². The Morgan fingerprint density at radius 1 is 0.444 bits per heavy atom. The van der Waals surface area contributed by atoms with Gasteiger partial charge in [-0.1, -0.05) is 121 Å². The molecule has 108 valence electrons. The van der Waals surface area contributed by atoms with E-state index in [9.17, 15) is 0 Å². The van der Waals surface area contributed by atoms with Crippen LogP contribution in [0.5, 0.6) is 0 Å². The predicted molar refractivity (Wildman–Crippen MR) is 104 cm³/mol. The summed E-state index contributed by atoms with van der Waals surface area (Å²) in [7, 11) is 0. The Labute approximate surface area is 161 Å². The van der Waals surface area contributed by atoms with Gasteiger partial charge in [0.2, 0.25) is 0 Å². The number of halogens is 6. The zero-order chi connectivity index (χ0) is 13.7. The van der Waals surface area contributed by atoms with Crippen LogP contribution in [-0.4, -0.2) is 29.0 Å². The van der Waals surface area contributed by atoms with Crippen LogP contribution in [-0.2, 0) is 0 Å². The van der Waals surface area contributed by atoms with Gasteiger partial charge in [-0.25, -0.2) is 0 Å². The molecule has 1 saturated carbocycles. The fraction of sp³-hybridized carbons (Fsp3) is 1.00. The largest absolute Gasteiger partial charge is 0.0878 e. The Morgan fingerprint density at radius 3 is 1.11 bits per heavy atom. The fourth-order valence-corrected chi connectivity index (χ4v) is 7.63. The third kappa shape index (κ3) is 5.94.